The van der Waals surface area contributed by atoms with E-state index >= 15 is 0 Å². The van der Waals surface area contributed by atoms with Crippen molar-refractivity contribution in [2.75, 3.05) is 6.61 Å². The first kappa shape index (κ1) is 18.4. The van der Waals surface area contributed by atoms with Gasteiger partial charge >= 0.3 is 5.97 Å². The Hall–Kier alpha value is -0.610. The molecule has 0 aromatic carbocycles. The normalized spacial score (nSPS) is 22.0. The van der Waals surface area contributed by atoms with E-state index in [1.807, 2.05) is 0 Å². The third-order valence-electron chi connectivity index (χ3n) is 3.94. The lowest BCUT2D eigenvalue weighted by atomic mass is 10.1. The number of aliphatic hydroxyl groups excluding tert-OH is 1. The van der Waals surface area contributed by atoms with Crippen molar-refractivity contribution in [3.63, 3.8) is 0 Å². The molecule has 3 atom stereocenters. The van der Waals surface area contributed by atoms with Crippen molar-refractivity contribution in [1.29, 1.82) is 0 Å². The summed E-state index contributed by atoms with van der Waals surface area (Å²) in [5.74, 6) is -0.188. The Balaban J connectivity index is 1.73. The highest BCUT2D eigenvalue weighted by Gasteiger charge is 2.32. The van der Waals surface area contributed by atoms with Crippen molar-refractivity contribution in [3.8, 4) is 0 Å². The Morgan fingerprint density at radius 3 is 2.14 bits per heavy atom. The standard InChI is InChI=1S/C17H32O4/c1-14(18)13-20-17(19)12-10-8-6-4-3-5-7-9-11-16-15(2)21-16/h14-16,18H,3-13H2,1-2H3. The molecule has 0 aliphatic carbocycles. The second kappa shape index (κ2) is 11.0. The second-order valence-corrected chi connectivity index (χ2v) is 6.28. The van der Waals surface area contributed by atoms with Gasteiger partial charge in [-0.3, -0.25) is 4.79 Å². The topological polar surface area (TPSA) is 59.1 Å². The third-order valence-corrected chi connectivity index (χ3v) is 3.94. The van der Waals surface area contributed by atoms with E-state index < -0.39 is 6.10 Å². The SMILES string of the molecule is CC(O)COC(=O)CCCCCCCCCCC1OC1C. The lowest BCUT2D eigenvalue weighted by Crippen LogP contribution is -2.14. The van der Waals surface area contributed by atoms with Crippen LogP contribution in [0.5, 0.6) is 0 Å². The summed E-state index contributed by atoms with van der Waals surface area (Å²) in [4.78, 5) is 11.3. The van der Waals surface area contributed by atoms with Gasteiger partial charge in [-0.05, 0) is 26.7 Å². The van der Waals surface area contributed by atoms with Crippen molar-refractivity contribution >= 4 is 5.97 Å². The summed E-state index contributed by atoms with van der Waals surface area (Å²) >= 11 is 0. The number of aliphatic hydroxyl groups is 1. The van der Waals surface area contributed by atoms with Crippen molar-refractivity contribution < 1.29 is 19.4 Å². The summed E-state index contributed by atoms with van der Waals surface area (Å²) in [6, 6.07) is 0. The predicted octanol–water partition coefficient (Wildman–Crippen LogP) is 3.60. The minimum Gasteiger partial charge on any atom is -0.463 e. The Morgan fingerprint density at radius 1 is 1.10 bits per heavy atom. The molecular weight excluding hydrogens is 268 g/mol. The van der Waals surface area contributed by atoms with Gasteiger partial charge in [-0.1, -0.05) is 44.9 Å². The van der Waals surface area contributed by atoms with Crippen molar-refractivity contribution in [2.24, 2.45) is 0 Å². The molecule has 124 valence electrons. The van der Waals surface area contributed by atoms with E-state index in [1.165, 1.54) is 44.9 Å². The van der Waals surface area contributed by atoms with Gasteiger partial charge in [-0.15, -0.1) is 0 Å². The summed E-state index contributed by atoms with van der Waals surface area (Å²) in [5.41, 5.74) is 0. The molecule has 0 saturated carbocycles. The molecular formula is C17H32O4. The highest BCUT2D eigenvalue weighted by molar-refractivity contribution is 5.69. The van der Waals surface area contributed by atoms with Gasteiger partial charge in [0.2, 0.25) is 0 Å². The lowest BCUT2D eigenvalue weighted by Gasteiger charge is -2.06. The van der Waals surface area contributed by atoms with E-state index in [-0.39, 0.29) is 12.6 Å². The number of esters is 1. The maximum absolute atomic E-state index is 11.3. The Labute approximate surface area is 129 Å². The molecule has 4 nitrogen and oxygen atoms in total. The Morgan fingerprint density at radius 2 is 1.62 bits per heavy atom. The molecule has 1 aliphatic heterocycles. The molecule has 0 bridgehead atoms. The number of hydrogen-bond donors (Lipinski definition) is 1. The van der Waals surface area contributed by atoms with E-state index in [0.29, 0.717) is 18.6 Å². The molecule has 1 aliphatic rings. The van der Waals surface area contributed by atoms with Crippen LogP contribution in [0.25, 0.3) is 0 Å². The van der Waals surface area contributed by atoms with Gasteiger partial charge in [-0.25, -0.2) is 0 Å². The molecule has 0 spiro atoms. The number of carbonyl (C=O) groups excluding carboxylic acids is 1. The van der Waals surface area contributed by atoms with Gasteiger partial charge in [0, 0.05) is 6.42 Å². The van der Waals surface area contributed by atoms with Crippen LogP contribution in [0.15, 0.2) is 0 Å². The fourth-order valence-electron chi connectivity index (χ4n) is 2.49. The number of unbranched alkanes of at least 4 members (excludes halogenated alkanes) is 7. The summed E-state index contributed by atoms with van der Waals surface area (Å²) in [7, 11) is 0. The molecule has 1 N–H and O–H groups in total. The van der Waals surface area contributed by atoms with Crippen LogP contribution in [0.1, 0.15) is 78.1 Å². The quantitative estimate of drug-likeness (QED) is 0.321. The van der Waals surface area contributed by atoms with E-state index in [0.717, 1.165) is 12.8 Å². The Bertz CT molecular complexity index is 278. The maximum atomic E-state index is 11.3. The van der Waals surface area contributed by atoms with Crippen LogP contribution in [-0.4, -0.2) is 36.0 Å². The van der Waals surface area contributed by atoms with Crippen LogP contribution in [-0.2, 0) is 14.3 Å². The smallest absolute Gasteiger partial charge is 0.305 e. The van der Waals surface area contributed by atoms with Crippen molar-refractivity contribution in [3.05, 3.63) is 0 Å². The summed E-state index contributed by atoms with van der Waals surface area (Å²) in [6.45, 7) is 3.87. The summed E-state index contributed by atoms with van der Waals surface area (Å²) in [5, 5.41) is 8.99. The summed E-state index contributed by atoms with van der Waals surface area (Å²) in [6.07, 6.45) is 11.9. The van der Waals surface area contributed by atoms with Gasteiger partial charge < -0.3 is 14.6 Å². The summed E-state index contributed by atoms with van der Waals surface area (Å²) < 4.78 is 10.3. The van der Waals surface area contributed by atoms with E-state index in [4.69, 9.17) is 14.6 Å². The molecule has 4 heteroatoms. The molecule has 0 radical (unpaired) electrons. The molecule has 0 aromatic heterocycles. The maximum Gasteiger partial charge on any atom is 0.305 e. The average Bonchev–Trinajstić information content (AvgIpc) is 3.14. The van der Waals surface area contributed by atoms with Crippen LogP contribution in [0, 0.1) is 0 Å². The fraction of sp³-hybridized carbons (Fsp3) is 0.941. The second-order valence-electron chi connectivity index (χ2n) is 6.28. The van der Waals surface area contributed by atoms with E-state index in [1.54, 1.807) is 6.92 Å². The molecule has 0 amide bonds. The Kier molecular flexibility index (Phi) is 9.68. The fourth-order valence-corrected chi connectivity index (χ4v) is 2.49. The largest absolute Gasteiger partial charge is 0.463 e. The lowest BCUT2D eigenvalue weighted by molar-refractivity contribution is -0.146. The molecule has 1 heterocycles. The highest BCUT2D eigenvalue weighted by Crippen LogP contribution is 2.26. The number of epoxide rings is 1. The van der Waals surface area contributed by atoms with Gasteiger partial charge in [0.1, 0.15) is 6.61 Å². The van der Waals surface area contributed by atoms with Crippen LogP contribution in [0.4, 0.5) is 0 Å². The number of rotatable bonds is 13. The zero-order chi connectivity index (χ0) is 15.5. The number of ether oxygens (including phenoxy) is 2. The zero-order valence-corrected chi connectivity index (χ0v) is 13.7. The molecule has 3 unspecified atom stereocenters. The van der Waals surface area contributed by atoms with Gasteiger partial charge in [0.25, 0.3) is 0 Å². The number of hydrogen-bond acceptors (Lipinski definition) is 4. The minimum absolute atomic E-state index is 0.115. The van der Waals surface area contributed by atoms with Crippen molar-refractivity contribution in [2.45, 2.75) is 96.4 Å². The van der Waals surface area contributed by atoms with Gasteiger partial charge in [0.15, 0.2) is 0 Å². The molecule has 1 saturated heterocycles. The first-order chi connectivity index (χ1) is 10.1. The first-order valence-electron chi connectivity index (χ1n) is 8.58. The van der Waals surface area contributed by atoms with Crippen LogP contribution in [0.2, 0.25) is 0 Å². The minimum atomic E-state index is -0.566. The van der Waals surface area contributed by atoms with Gasteiger partial charge in [-0.2, -0.15) is 0 Å². The first-order valence-corrected chi connectivity index (χ1v) is 8.58. The predicted molar refractivity (Wildman–Crippen MR) is 83.1 cm³/mol. The highest BCUT2D eigenvalue weighted by atomic mass is 16.6. The van der Waals surface area contributed by atoms with Crippen LogP contribution < -0.4 is 0 Å². The monoisotopic (exact) mass is 300 g/mol. The molecule has 1 rings (SSSR count). The van der Waals surface area contributed by atoms with E-state index in [9.17, 15) is 4.79 Å². The molecule has 21 heavy (non-hydrogen) atoms. The third kappa shape index (κ3) is 10.7. The number of carbonyl (C=O) groups is 1. The molecule has 1 fully saturated rings. The van der Waals surface area contributed by atoms with Crippen LogP contribution in [0.3, 0.4) is 0 Å². The zero-order valence-electron chi connectivity index (χ0n) is 13.7. The average molecular weight is 300 g/mol. The van der Waals surface area contributed by atoms with Gasteiger partial charge in [0.05, 0.1) is 18.3 Å². The molecule has 0 aromatic rings. The van der Waals surface area contributed by atoms with E-state index in [2.05, 4.69) is 6.92 Å². The van der Waals surface area contributed by atoms with Crippen molar-refractivity contribution in [1.82, 2.24) is 0 Å². The van der Waals surface area contributed by atoms with Crippen LogP contribution >= 0.6 is 0 Å².